The van der Waals surface area contributed by atoms with Crippen LogP contribution < -0.4 is 4.74 Å². The van der Waals surface area contributed by atoms with Crippen LogP contribution in [0.2, 0.25) is 0 Å². The van der Waals surface area contributed by atoms with Gasteiger partial charge in [0.05, 0.1) is 19.0 Å². The van der Waals surface area contributed by atoms with Crippen LogP contribution >= 0.6 is 0 Å². The number of phenolic OH excluding ortho intramolecular Hbond substituents is 1. The maximum atomic E-state index is 9.87. The molecule has 0 bridgehead atoms. The highest BCUT2D eigenvalue weighted by atomic mass is 16.5. The van der Waals surface area contributed by atoms with E-state index in [0.29, 0.717) is 17.1 Å². The number of para-hydroxylation sites is 1. The Morgan fingerprint density at radius 2 is 2.00 bits per heavy atom. The van der Waals surface area contributed by atoms with E-state index in [9.17, 15) is 5.11 Å². The fourth-order valence-electron chi connectivity index (χ4n) is 1.84. The molecule has 5 heteroatoms. The van der Waals surface area contributed by atoms with Crippen molar-refractivity contribution in [2.24, 2.45) is 0 Å². The first-order chi connectivity index (χ1) is 8.79. The Hall–Kier alpha value is -2.56. The van der Waals surface area contributed by atoms with Gasteiger partial charge >= 0.3 is 0 Å². The Balaban J connectivity index is 2.26. The van der Waals surface area contributed by atoms with Crippen LogP contribution in [0.15, 0.2) is 42.6 Å². The van der Waals surface area contributed by atoms with Gasteiger partial charge in [-0.1, -0.05) is 12.1 Å². The summed E-state index contributed by atoms with van der Waals surface area (Å²) in [7, 11) is 1.56. The van der Waals surface area contributed by atoms with E-state index >= 15 is 0 Å². The van der Waals surface area contributed by atoms with Gasteiger partial charge in [0, 0.05) is 11.6 Å². The Morgan fingerprint density at radius 1 is 1.17 bits per heavy atom. The average Bonchev–Trinajstić information content (AvgIpc) is 2.82. The van der Waals surface area contributed by atoms with Crippen LogP contribution in [0.25, 0.3) is 16.9 Å². The monoisotopic (exact) mass is 241 g/mol. The van der Waals surface area contributed by atoms with Crippen LogP contribution in [0.1, 0.15) is 0 Å². The van der Waals surface area contributed by atoms with Gasteiger partial charge in [-0.15, -0.1) is 5.10 Å². The zero-order valence-electron chi connectivity index (χ0n) is 9.74. The van der Waals surface area contributed by atoms with E-state index in [1.165, 1.54) is 0 Å². The van der Waals surface area contributed by atoms with Gasteiger partial charge in [-0.2, -0.15) is 0 Å². The Kier molecular flexibility index (Phi) is 2.37. The van der Waals surface area contributed by atoms with Crippen LogP contribution in [0.5, 0.6) is 11.6 Å². The number of aromatic hydroxyl groups is 1. The summed E-state index contributed by atoms with van der Waals surface area (Å²) in [5, 5.41) is 14.2. The molecule has 3 aromatic rings. The molecule has 2 heterocycles. The fraction of sp³-hybridized carbons (Fsp3) is 0.0769. The molecule has 90 valence electrons. The van der Waals surface area contributed by atoms with Crippen molar-refractivity contribution in [3.8, 4) is 22.9 Å². The second-order valence-electron chi connectivity index (χ2n) is 3.81. The number of imidazole rings is 1. The largest absolute Gasteiger partial charge is 0.507 e. The van der Waals surface area contributed by atoms with E-state index in [1.807, 2.05) is 18.2 Å². The molecule has 1 N–H and O–H groups in total. The number of nitrogens with zero attached hydrogens (tertiary/aromatic N) is 3. The van der Waals surface area contributed by atoms with Crippen molar-refractivity contribution in [1.29, 1.82) is 0 Å². The smallest absolute Gasteiger partial charge is 0.231 e. The molecule has 0 unspecified atom stereocenters. The summed E-state index contributed by atoms with van der Waals surface area (Å²) in [4.78, 5) is 4.25. The van der Waals surface area contributed by atoms with E-state index in [0.717, 1.165) is 5.69 Å². The highest BCUT2D eigenvalue weighted by Gasteiger charge is 2.11. The van der Waals surface area contributed by atoms with Crippen molar-refractivity contribution in [2.75, 3.05) is 7.11 Å². The van der Waals surface area contributed by atoms with E-state index in [2.05, 4.69) is 10.1 Å². The SMILES string of the molecule is COc1ccc2ncc(-c3ccccc3O)n2n1. The standard InChI is InChI=1S/C13H11N3O2/c1-18-13-7-6-12-14-8-10(16(12)15-13)9-4-2-3-5-11(9)17/h2-8,17H,1H3. The summed E-state index contributed by atoms with van der Waals surface area (Å²) in [5.74, 6) is 0.695. The van der Waals surface area contributed by atoms with Crippen LogP contribution in [0.3, 0.4) is 0 Å². The lowest BCUT2D eigenvalue weighted by molar-refractivity contribution is 0.390. The van der Waals surface area contributed by atoms with E-state index < -0.39 is 0 Å². The molecular weight excluding hydrogens is 230 g/mol. The van der Waals surface area contributed by atoms with Gasteiger partial charge in [0.1, 0.15) is 5.75 Å². The summed E-state index contributed by atoms with van der Waals surface area (Å²) < 4.78 is 6.74. The topological polar surface area (TPSA) is 59.7 Å². The molecule has 0 aliphatic carbocycles. The maximum absolute atomic E-state index is 9.87. The second kappa shape index (κ2) is 4.03. The van der Waals surface area contributed by atoms with Crippen LogP contribution in [0, 0.1) is 0 Å². The number of hydrogen-bond donors (Lipinski definition) is 1. The number of rotatable bonds is 2. The summed E-state index contributed by atoms with van der Waals surface area (Å²) in [5.41, 5.74) is 2.11. The fourth-order valence-corrected chi connectivity index (χ4v) is 1.84. The zero-order valence-corrected chi connectivity index (χ0v) is 9.74. The van der Waals surface area contributed by atoms with Crippen molar-refractivity contribution in [1.82, 2.24) is 14.6 Å². The molecule has 0 atom stereocenters. The predicted molar refractivity (Wildman–Crippen MR) is 66.6 cm³/mol. The Bertz CT molecular complexity index is 706. The third-order valence-corrected chi connectivity index (χ3v) is 2.73. The molecule has 0 radical (unpaired) electrons. The number of ether oxygens (including phenoxy) is 1. The maximum Gasteiger partial charge on any atom is 0.231 e. The molecule has 2 aromatic heterocycles. The highest BCUT2D eigenvalue weighted by molar-refractivity contribution is 5.69. The molecule has 1 aromatic carbocycles. The number of benzene rings is 1. The van der Waals surface area contributed by atoms with Crippen LogP contribution in [-0.4, -0.2) is 26.8 Å². The number of phenols is 1. The van der Waals surface area contributed by atoms with Crippen LogP contribution in [-0.2, 0) is 0 Å². The third-order valence-electron chi connectivity index (χ3n) is 2.73. The minimum atomic E-state index is 0.198. The van der Waals surface area contributed by atoms with Gasteiger partial charge in [-0.25, -0.2) is 9.50 Å². The van der Waals surface area contributed by atoms with Crippen molar-refractivity contribution in [3.63, 3.8) is 0 Å². The normalized spacial score (nSPS) is 10.7. The van der Waals surface area contributed by atoms with Crippen molar-refractivity contribution < 1.29 is 9.84 Å². The third kappa shape index (κ3) is 1.57. The molecule has 3 rings (SSSR count). The lowest BCUT2D eigenvalue weighted by Crippen LogP contribution is -1.97. The molecule has 18 heavy (non-hydrogen) atoms. The van der Waals surface area contributed by atoms with Gasteiger partial charge in [-0.3, -0.25) is 0 Å². The lowest BCUT2D eigenvalue weighted by Gasteiger charge is -2.04. The van der Waals surface area contributed by atoms with Gasteiger partial charge in [0.2, 0.25) is 5.88 Å². The first-order valence-electron chi connectivity index (χ1n) is 5.47. The zero-order chi connectivity index (χ0) is 12.5. The van der Waals surface area contributed by atoms with Gasteiger partial charge in [0.15, 0.2) is 5.65 Å². The van der Waals surface area contributed by atoms with Gasteiger partial charge in [0.25, 0.3) is 0 Å². The quantitative estimate of drug-likeness (QED) is 0.746. The summed E-state index contributed by atoms with van der Waals surface area (Å²) in [6.45, 7) is 0. The van der Waals surface area contributed by atoms with Crippen LogP contribution in [0.4, 0.5) is 0 Å². The first-order valence-corrected chi connectivity index (χ1v) is 5.47. The molecule has 5 nitrogen and oxygen atoms in total. The number of aromatic nitrogens is 3. The summed E-state index contributed by atoms with van der Waals surface area (Å²) in [6, 6.07) is 10.6. The van der Waals surface area contributed by atoms with Gasteiger partial charge in [-0.05, 0) is 18.2 Å². The molecule has 0 spiro atoms. The molecule has 0 saturated carbocycles. The second-order valence-corrected chi connectivity index (χ2v) is 3.81. The number of hydrogen-bond acceptors (Lipinski definition) is 4. The molecule has 0 aliphatic rings. The van der Waals surface area contributed by atoms with Crippen molar-refractivity contribution in [3.05, 3.63) is 42.6 Å². The predicted octanol–water partition coefficient (Wildman–Crippen LogP) is 2.11. The average molecular weight is 241 g/mol. The van der Waals surface area contributed by atoms with Gasteiger partial charge < -0.3 is 9.84 Å². The highest BCUT2D eigenvalue weighted by Crippen LogP contribution is 2.28. The minimum Gasteiger partial charge on any atom is -0.507 e. The van der Waals surface area contributed by atoms with Crippen molar-refractivity contribution in [2.45, 2.75) is 0 Å². The van der Waals surface area contributed by atoms with E-state index in [1.54, 1.807) is 36.0 Å². The molecule has 0 fully saturated rings. The molecule has 0 saturated heterocycles. The number of methoxy groups -OCH3 is 1. The summed E-state index contributed by atoms with van der Waals surface area (Å²) in [6.07, 6.45) is 1.68. The Labute approximate surface area is 103 Å². The first kappa shape index (κ1) is 10.6. The van der Waals surface area contributed by atoms with E-state index in [-0.39, 0.29) is 5.75 Å². The molecular formula is C13H11N3O2. The lowest BCUT2D eigenvalue weighted by atomic mass is 10.1. The molecule has 0 amide bonds. The Morgan fingerprint density at radius 3 is 2.78 bits per heavy atom. The minimum absolute atomic E-state index is 0.198. The van der Waals surface area contributed by atoms with Crippen molar-refractivity contribution >= 4 is 5.65 Å². The summed E-state index contributed by atoms with van der Waals surface area (Å²) >= 11 is 0. The van der Waals surface area contributed by atoms with E-state index in [4.69, 9.17) is 4.74 Å². The molecule has 0 aliphatic heterocycles. The number of fused-ring (bicyclic) bond motifs is 1.